The van der Waals surface area contributed by atoms with Gasteiger partial charge in [-0.25, -0.2) is 0 Å². The van der Waals surface area contributed by atoms with Gasteiger partial charge in [-0.3, -0.25) is 14.4 Å². The number of H-pyrrole nitrogens is 1. The molecule has 0 aliphatic carbocycles. The molecule has 3 rings (SSSR count). The quantitative estimate of drug-likeness (QED) is 0.404. The number of ketones is 1. The van der Waals surface area contributed by atoms with Gasteiger partial charge in [-0.1, -0.05) is 25.4 Å². The summed E-state index contributed by atoms with van der Waals surface area (Å²) >= 11 is 6.16. The van der Waals surface area contributed by atoms with Crippen LogP contribution in [0.2, 0.25) is 5.02 Å². The van der Waals surface area contributed by atoms with Crippen LogP contribution >= 0.6 is 11.6 Å². The van der Waals surface area contributed by atoms with Crippen molar-refractivity contribution in [3.63, 3.8) is 0 Å². The summed E-state index contributed by atoms with van der Waals surface area (Å²) in [6.45, 7) is 3.30. The van der Waals surface area contributed by atoms with E-state index in [0.29, 0.717) is 27.9 Å². The van der Waals surface area contributed by atoms with Gasteiger partial charge in [0.2, 0.25) is 5.78 Å². The zero-order valence-corrected chi connectivity index (χ0v) is 16.0. The Morgan fingerprint density at radius 2 is 1.86 bits per heavy atom. The minimum absolute atomic E-state index is 0.0299. The SMILES string of the molecule is CCc1cc(Cl)cc2[nH]c(C(=O)c3ccco3)c(C(CC)(C(=O)O)C(=O)O)c12. The lowest BCUT2D eigenvalue weighted by atomic mass is 9.75. The molecule has 3 N–H and O–H groups in total. The molecule has 0 fully saturated rings. The highest BCUT2D eigenvalue weighted by molar-refractivity contribution is 6.31. The minimum atomic E-state index is -2.31. The molecule has 2 heterocycles. The summed E-state index contributed by atoms with van der Waals surface area (Å²) in [6.07, 6.45) is 1.52. The van der Waals surface area contributed by atoms with Crippen LogP contribution in [0.5, 0.6) is 0 Å². The zero-order valence-electron chi connectivity index (χ0n) is 15.2. The molecule has 0 aliphatic rings. The van der Waals surface area contributed by atoms with E-state index in [2.05, 4.69) is 4.98 Å². The maximum atomic E-state index is 13.0. The number of aryl methyl sites for hydroxylation is 1. The second-order valence-electron chi connectivity index (χ2n) is 6.39. The third kappa shape index (κ3) is 2.79. The number of carboxylic acid groups (broad SMARTS) is 2. The summed E-state index contributed by atoms with van der Waals surface area (Å²) in [5.74, 6) is -3.75. The van der Waals surface area contributed by atoms with Crippen LogP contribution in [0.1, 0.15) is 47.6 Å². The van der Waals surface area contributed by atoms with Crippen LogP contribution in [0.3, 0.4) is 0 Å². The lowest BCUT2D eigenvalue weighted by Crippen LogP contribution is -2.44. The number of halogens is 1. The molecule has 2 aromatic heterocycles. The van der Waals surface area contributed by atoms with E-state index < -0.39 is 23.1 Å². The highest BCUT2D eigenvalue weighted by atomic mass is 35.5. The van der Waals surface area contributed by atoms with E-state index >= 15 is 0 Å². The van der Waals surface area contributed by atoms with Crippen LogP contribution in [-0.2, 0) is 21.4 Å². The first kappa shape index (κ1) is 19.7. The summed E-state index contributed by atoms with van der Waals surface area (Å²) in [6, 6.07) is 6.14. The molecule has 0 spiro atoms. The van der Waals surface area contributed by atoms with Crippen molar-refractivity contribution < 1.29 is 29.0 Å². The maximum Gasteiger partial charge on any atom is 0.325 e. The predicted octanol–water partition coefficient (Wildman–Crippen LogP) is 4.02. The fourth-order valence-corrected chi connectivity index (χ4v) is 3.81. The van der Waals surface area contributed by atoms with E-state index in [9.17, 15) is 24.6 Å². The molecular weight excluding hydrogens is 386 g/mol. The van der Waals surface area contributed by atoms with Gasteiger partial charge < -0.3 is 19.6 Å². The maximum absolute atomic E-state index is 13.0. The molecule has 8 heteroatoms. The van der Waals surface area contributed by atoms with Crippen LogP contribution in [0.15, 0.2) is 34.9 Å². The second kappa shape index (κ2) is 7.16. The van der Waals surface area contributed by atoms with Gasteiger partial charge in [0.15, 0.2) is 11.2 Å². The molecular formula is C20H18ClNO6. The Kier molecular flexibility index (Phi) is 5.04. The van der Waals surface area contributed by atoms with Crippen molar-refractivity contribution >= 4 is 40.2 Å². The van der Waals surface area contributed by atoms with Crippen molar-refractivity contribution in [2.24, 2.45) is 0 Å². The molecule has 1 aromatic carbocycles. The molecule has 0 radical (unpaired) electrons. The minimum Gasteiger partial charge on any atom is -0.480 e. The molecule has 7 nitrogen and oxygen atoms in total. The number of rotatable bonds is 7. The van der Waals surface area contributed by atoms with Crippen molar-refractivity contribution in [2.75, 3.05) is 0 Å². The van der Waals surface area contributed by atoms with Crippen LogP contribution < -0.4 is 0 Å². The van der Waals surface area contributed by atoms with Crippen molar-refractivity contribution in [1.82, 2.24) is 4.98 Å². The summed E-state index contributed by atoms with van der Waals surface area (Å²) in [4.78, 5) is 40.4. The largest absolute Gasteiger partial charge is 0.480 e. The highest BCUT2D eigenvalue weighted by Crippen LogP contribution is 2.41. The van der Waals surface area contributed by atoms with Crippen molar-refractivity contribution in [3.05, 3.63) is 58.1 Å². The Balaban J connectivity index is 2.50. The second-order valence-corrected chi connectivity index (χ2v) is 6.83. The number of hydrogen-bond acceptors (Lipinski definition) is 4. The van der Waals surface area contributed by atoms with Gasteiger partial charge in [-0.2, -0.15) is 0 Å². The van der Waals surface area contributed by atoms with E-state index in [-0.39, 0.29) is 23.4 Å². The number of furan rings is 1. The highest BCUT2D eigenvalue weighted by Gasteiger charge is 2.51. The monoisotopic (exact) mass is 403 g/mol. The molecule has 0 saturated heterocycles. The van der Waals surface area contributed by atoms with Crippen molar-refractivity contribution in [2.45, 2.75) is 32.1 Å². The number of benzene rings is 1. The Morgan fingerprint density at radius 1 is 1.18 bits per heavy atom. The molecule has 0 aliphatic heterocycles. The van der Waals surface area contributed by atoms with Crippen LogP contribution in [0.4, 0.5) is 0 Å². The van der Waals surface area contributed by atoms with Crippen molar-refractivity contribution in [3.8, 4) is 0 Å². The van der Waals surface area contributed by atoms with E-state index in [1.807, 2.05) is 6.92 Å². The Labute approximate surface area is 164 Å². The topological polar surface area (TPSA) is 121 Å². The molecule has 28 heavy (non-hydrogen) atoms. The molecule has 0 amide bonds. The fourth-order valence-electron chi connectivity index (χ4n) is 3.57. The molecule has 146 valence electrons. The standard InChI is InChI=1S/C20H18ClNO6/c1-3-10-8-11(21)9-12-14(10)15(20(4-2,18(24)25)19(26)27)16(22-12)17(23)13-6-5-7-28-13/h5-9,22H,3-4H2,1-2H3,(H,24,25)(H,26,27). The Hall–Kier alpha value is -3.06. The Morgan fingerprint density at radius 3 is 2.36 bits per heavy atom. The first-order chi connectivity index (χ1) is 13.3. The number of aliphatic carboxylic acids is 2. The van der Waals surface area contributed by atoms with Crippen molar-refractivity contribution in [1.29, 1.82) is 0 Å². The molecule has 0 atom stereocenters. The van der Waals surface area contributed by atoms with E-state index in [4.69, 9.17) is 16.0 Å². The number of fused-ring (bicyclic) bond motifs is 1. The number of aromatic nitrogens is 1. The number of carbonyl (C=O) groups excluding carboxylic acids is 1. The zero-order chi connectivity index (χ0) is 20.6. The van der Waals surface area contributed by atoms with Gasteiger partial charge in [-0.05, 0) is 42.7 Å². The van der Waals surface area contributed by atoms with Gasteiger partial charge in [0.1, 0.15) is 0 Å². The first-order valence-corrected chi connectivity index (χ1v) is 9.05. The van der Waals surface area contributed by atoms with E-state index in [0.717, 1.165) is 0 Å². The number of nitrogens with one attached hydrogen (secondary N) is 1. The lowest BCUT2D eigenvalue weighted by molar-refractivity contribution is -0.157. The van der Waals surface area contributed by atoms with Crippen LogP contribution in [0.25, 0.3) is 10.9 Å². The predicted molar refractivity (Wildman–Crippen MR) is 102 cm³/mol. The van der Waals surface area contributed by atoms with Gasteiger partial charge in [0, 0.05) is 21.5 Å². The smallest absolute Gasteiger partial charge is 0.325 e. The molecule has 0 unspecified atom stereocenters. The summed E-state index contributed by atoms with van der Waals surface area (Å²) in [7, 11) is 0. The number of carbonyl (C=O) groups is 3. The molecule has 3 aromatic rings. The summed E-state index contributed by atoms with van der Waals surface area (Å²) in [5.41, 5.74) is -1.48. The number of carboxylic acids is 2. The van der Waals surface area contributed by atoms with E-state index in [1.165, 1.54) is 25.3 Å². The number of hydrogen-bond donors (Lipinski definition) is 3. The third-order valence-corrected chi connectivity index (χ3v) is 5.20. The van der Waals surface area contributed by atoms with Gasteiger partial charge in [-0.15, -0.1) is 0 Å². The van der Waals surface area contributed by atoms with E-state index in [1.54, 1.807) is 12.1 Å². The van der Waals surface area contributed by atoms with Gasteiger partial charge in [0.25, 0.3) is 0 Å². The lowest BCUT2D eigenvalue weighted by Gasteiger charge is -2.25. The van der Waals surface area contributed by atoms with Gasteiger partial charge >= 0.3 is 11.9 Å². The normalized spacial score (nSPS) is 11.7. The first-order valence-electron chi connectivity index (χ1n) is 8.67. The Bertz CT molecular complexity index is 1070. The average molecular weight is 404 g/mol. The summed E-state index contributed by atoms with van der Waals surface area (Å²) < 4.78 is 5.16. The third-order valence-electron chi connectivity index (χ3n) is 4.98. The summed E-state index contributed by atoms with van der Waals surface area (Å²) in [5, 5.41) is 20.6. The van der Waals surface area contributed by atoms with Gasteiger partial charge in [0.05, 0.1) is 12.0 Å². The fraction of sp³-hybridized carbons (Fsp3) is 0.250. The molecule has 0 bridgehead atoms. The number of aromatic amines is 1. The van der Waals surface area contributed by atoms with Crippen LogP contribution in [0, 0.1) is 0 Å². The average Bonchev–Trinajstić information content (AvgIpc) is 3.29. The van der Waals surface area contributed by atoms with Crippen LogP contribution in [-0.4, -0.2) is 32.9 Å². The molecule has 0 saturated carbocycles.